The van der Waals surface area contributed by atoms with Gasteiger partial charge in [0.1, 0.15) is 5.52 Å². The first-order valence-electron chi connectivity index (χ1n) is 6.83. The number of carbonyl (C=O) groups excluding carboxylic acids is 1. The Bertz CT molecular complexity index is 742. The lowest BCUT2D eigenvalue weighted by atomic mass is 10.3. The van der Waals surface area contributed by atoms with Gasteiger partial charge < -0.3 is 5.32 Å². The molecule has 0 bridgehead atoms. The van der Waals surface area contributed by atoms with Crippen molar-refractivity contribution in [1.29, 1.82) is 0 Å². The number of hydrazone groups is 1. The van der Waals surface area contributed by atoms with E-state index in [2.05, 4.69) is 20.8 Å². The lowest BCUT2D eigenvalue weighted by Crippen LogP contribution is -2.09. The molecule has 0 aliphatic rings. The number of aromatic nitrogens is 1. The van der Waals surface area contributed by atoms with Crippen molar-refractivity contribution in [3.63, 3.8) is 0 Å². The highest BCUT2D eigenvalue weighted by Crippen LogP contribution is 2.40. The molecule has 0 saturated carbocycles. The Kier molecular flexibility index (Phi) is 5.61. The number of hydrogen-bond acceptors (Lipinski definition) is 5. The summed E-state index contributed by atoms with van der Waals surface area (Å²) in [7, 11) is 0. The summed E-state index contributed by atoms with van der Waals surface area (Å²) in [5.41, 5.74) is 4.96. The predicted octanol–water partition coefficient (Wildman–Crippen LogP) is 5.15. The van der Waals surface area contributed by atoms with Crippen LogP contribution in [0.5, 0.6) is 0 Å². The van der Waals surface area contributed by atoms with Gasteiger partial charge >= 0.3 is 0 Å². The third kappa shape index (κ3) is 3.69. The molecular formula is C14H16Cl2N4OS. The molecule has 0 saturated heterocycles. The van der Waals surface area contributed by atoms with E-state index in [-0.39, 0.29) is 5.91 Å². The van der Waals surface area contributed by atoms with Gasteiger partial charge in [-0.05, 0) is 19.4 Å². The Balaban J connectivity index is 2.41. The van der Waals surface area contributed by atoms with E-state index in [1.165, 1.54) is 11.3 Å². The predicted molar refractivity (Wildman–Crippen MR) is 95.6 cm³/mol. The average molecular weight is 359 g/mol. The van der Waals surface area contributed by atoms with Crippen molar-refractivity contribution < 1.29 is 4.79 Å². The molecule has 8 heteroatoms. The fourth-order valence-electron chi connectivity index (χ4n) is 1.61. The summed E-state index contributed by atoms with van der Waals surface area (Å²) >= 11 is 13.9. The molecule has 1 heterocycles. The van der Waals surface area contributed by atoms with Gasteiger partial charge in [0, 0.05) is 12.1 Å². The normalized spacial score (nSPS) is 11.8. The summed E-state index contributed by atoms with van der Waals surface area (Å²) in [4.78, 5) is 15.9. The van der Waals surface area contributed by atoms with Gasteiger partial charge in [0.2, 0.25) is 11.0 Å². The first kappa shape index (κ1) is 17.0. The van der Waals surface area contributed by atoms with E-state index in [4.69, 9.17) is 23.2 Å². The molecule has 0 atom stereocenters. The number of nitrogens with one attached hydrogen (secondary N) is 2. The van der Waals surface area contributed by atoms with Crippen molar-refractivity contribution in [2.24, 2.45) is 5.10 Å². The van der Waals surface area contributed by atoms with Crippen LogP contribution in [0.4, 0.5) is 10.8 Å². The Hall–Kier alpha value is -1.37. The molecule has 0 aliphatic carbocycles. The Morgan fingerprint density at radius 3 is 2.73 bits per heavy atom. The number of hydrogen-bond donors (Lipinski definition) is 2. The molecule has 0 aliphatic heterocycles. The summed E-state index contributed by atoms with van der Waals surface area (Å²) < 4.78 is 0.715. The zero-order chi connectivity index (χ0) is 16.3. The Morgan fingerprint density at radius 2 is 2.09 bits per heavy atom. The molecule has 0 radical (unpaired) electrons. The zero-order valence-electron chi connectivity index (χ0n) is 12.5. The SMILES string of the molecule is CCC(=O)Nc1cc(Cl)c2nc(N/N=C(/C)CC)sc2c1Cl. The Morgan fingerprint density at radius 1 is 1.36 bits per heavy atom. The number of carbonyl (C=O) groups is 1. The summed E-state index contributed by atoms with van der Waals surface area (Å²) in [6.07, 6.45) is 1.22. The highest BCUT2D eigenvalue weighted by Gasteiger charge is 2.16. The monoisotopic (exact) mass is 358 g/mol. The van der Waals surface area contributed by atoms with E-state index in [9.17, 15) is 4.79 Å². The summed E-state index contributed by atoms with van der Waals surface area (Å²) in [6.45, 7) is 5.72. The molecule has 2 aromatic rings. The quantitative estimate of drug-likeness (QED) is 0.573. The van der Waals surface area contributed by atoms with Crippen LogP contribution < -0.4 is 10.7 Å². The van der Waals surface area contributed by atoms with Crippen molar-refractivity contribution in [3.8, 4) is 0 Å². The molecule has 2 rings (SSSR count). The highest BCUT2D eigenvalue weighted by atomic mass is 35.5. The van der Waals surface area contributed by atoms with Gasteiger partial charge in [0.05, 0.1) is 20.4 Å². The van der Waals surface area contributed by atoms with Crippen LogP contribution in [0.1, 0.15) is 33.6 Å². The lowest BCUT2D eigenvalue weighted by Gasteiger charge is -2.07. The van der Waals surface area contributed by atoms with Crippen LogP contribution in [0, 0.1) is 0 Å². The Labute approximate surface area is 142 Å². The van der Waals surface area contributed by atoms with E-state index in [1.54, 1.807) is 13.0 Å². The van der Waals surface area contributed by atoms with Gasteiger partial charge in [-0.1, -0.05) is 48.4 Å². The second kappa shape index (κ2) is 7.26. The maximum Gasteiger partial charge on any atom is 0.224 e. The number of benzene rings is 1. The smallest absolute Gasteiger partial charge is 0.224 e. The number of fused-ring (bicyclic) bond motifs is 1. The van der Waals surface area contributed by atoms with Crippen LogP contribution >= 0.6 is 34.5 Å². The van der Waals surface area contributed by atoms with Crippen molar-refractivity contribution in [3.05, 3.63) is 16.1 Å². The number of rotatable bonds is 5. The number of amides is 1. The number of halogens is 2. The topological polar surface area (TPSA) is 66.4 Å². The summed E-state index contributed by atoms with van der Waals surface area (Å²) in [5.74, 6) is -0.122. The van der Waals surface area contributed by atoms with Crippen LogP contribution in [-0.4, -0.2) is 16.6 Å². The molecule has 1 aromatic carbocycles. The molecule has 5 nitrogen and oxygen atoms in total. The van der Waals surface area contributed by atoms with Crippen molar-refractivity contribution >= 4 is 67.2 Å². The maximum absolute atomic E-state index is 11.5. The molecule has 1 aromatic heterocycles. The number of nitrogens with zero attached hydrogens (tertiary/aromatic N) is 2. The summed E-state index contributed by atoms with van der Waals surface area (Å²) in [6, 6.07) is 1.61. The molecule has 2 N–H and O–H groups in total. The van der Waals surface area contributed by atoms with Gasteiger partial charge in [0.25, 0.3) is 0 Å². The lowest BCUT2D eigenvalue weighted by molar-refractivity contribution is -0.115. The van der Waals surface area contributed by atoms with E-state index >= 15 is 0 Å². The second-order valence-corrected chi connectivity index (χ2v) is 6.42. The zero-order valence-corrected chi connectivity index (χ0v) is 14.8. The minimum Gasteiger partial charge on any atom is -0.325 e. The van der Waals surface area contributed by atoms with Crippen LogP contribution in [-0.2, 0) is 4.79 Å². The molecule has 1 amide bonds. The summed E-state index contributed by atoms with van der Waals surface area (Å²) in [5, 5.41) is 8.42. The standard InChI is InChI=1S/C14H16Cl2N4OS/c1-4-7(3)19-20-14-18-12-8(15)6-9(17-10(21)5-2)11(16)13(12)22-14/h6H,4-5H2,1-3H3,(H,17,21)(H,18,20)/b19-7-. The second-order valence-electron chi connectivity index (χ2n) is 4.63. The van der Waals surface area contributed by atoms with Crippen LogP contribution in [0.3, 0.4) is 0 Å². The largest absolute Gasteiger partial charge is 0.325 e. The van der Waals surface area contributed by atoms with Gasteiger partial charge in [0.15, 0.2) is 0 Å². The first-order valence-corrected chi connectivity index (χ1v) is 8.41. The molecule has 118 valence electrons. The van der Waals surface area contributed by atoms with Gasteiger partial charge in [-0.25, -0.2) is 4.98 Å². The third-order valence-electron chi connectivity index (χ3n) is 3.01. The van der Waals surface area contributed by atoms with Crippen LogP contribution in [0.15, 0.2) is 11.2 Å². The van der Waals surface area contributed by atoms with Crippen LogP contribution in [0.2, 0.25) is 10.0 Å². The molecule has 0 fully saturated rings. The fraction of sp³-hybridized carbons (Fsp3) is 0.357. The number of anilines is 2. The van der Waals surface area contributed by atoms with Crippen LogP contribution in [0.25, 0.3) is 10.2 Å². The molecule has 0 unspecified atom stereocenters. The van der Waals surface area contributed by atoms with E-state index in [0.29, 0.717) is 37.5 Å². The van der Waals surface area contributed by atoms with Crippen molar-refractivity contribution in [2.45, 2.75) is 33.6 Å². The van der Waals surface area contributed by atoms with Gasteiger partial charge in [-0.3, -0.25) is 10.2 Å². The van der Waals surface area contributed by atoms with Crippen molar-refractivity contribution in [2.75, 3.05) is 10.7 Å². The maximum atomic E-state index is 11.5. The van der Waals surface area contributed by atoms with Gasteiger partial charge in [-0.2, -0.15) is 5.10 Å². The molecule has 22 heavy (non-hydrogen) atoms. The van der Waals surface area contributed by atoms with Gasteiger partial charge in [-0.15, -0.1) is 0 Å². The molecular weight excluding hydrogens is 343 g/mol. The van der Waals surface area contributed by atoms with E-state index in [1.807, 2.05) is 13.8 Å². The number of thiazole rings is 1. The minimum atomic E-state index is -0.122. The average Bonchev–Trinajstić information content (AvgIpc) is 2.94. The minimum absolute atomic E-state index is 0.122. The van der Waals surface area contributed by atoms with Crippen molar-refractivity contribution in [1.82, 2.24) is 4.98 Å². The highest BCUT2D eigenvalue weighted by molar-refractivity contribution is 7.23. The van der Waals surface area contributed by atoms with E-state index in [0.717, 1.165) is 12.1 Å². The fourth-order valence-corrected chi connectivity index (χ4v) is 3.09. The molecule has 0 spiro atoms. The third-order valence-corrected chi connectivity index (χ3v) is 4.78. The first-order chi connectivity index (χ1) is 10.5. The van der Waals surface area contributed by atoms with E-state index < -0.39 is 0 Å².